The standard InChI is InChI=1S/C11H10N2O5S2/c1-7-5-6-10(19-7)20(17,18)12-11-8(13(15)16)3-2-4-9(11)14/h2-6,12,14H,1H3. The Morgan fingerprint density at radius 1 is 1.30 bits per heavy atom. The van der Waals surface area contributed by atoms with Gasteiger partial charge in [-0.2, -0.15) is 0 Å². The number of nitrogens with one attached hydrogen (secondary N) is 1. The summed E-state index contributed by atoms with van der Waals surface area (Å²) < 4.78 is 26.3. The molecule has 7 nitrogen and oxygen atoms in total. The van der Waals surface area contributed by atoms with Crippen LogP contribution in [-0.4, -0.2) is 18.4 Å². The smallest absolute Gasteiger partial charge is 0.297 e. The summed E-state index contributed by atoms with van der Waals surface area (Å²) >= 11 is 1.03. The van der Waals surface area contributed by atoms with Crippen molar-refractivity contribution in [3.8, 4) is 5.75 Å². The molecule has 0 radical (unpaired) electrons. The molecule has 0 spiro atoms. The number of thiophene rings is 1. The van der Waals surface area contributed by atoms with Crippen molar-refractivity contribution in [1.82, 2.24) is 0 Å². The third kappa shape index (κ3) is 2.73. The molecule has 106 valence electrons. The number of rotatable bonds is 4. The van der Waals surface area contributed by atoms with E-state index in [9.17, 15) is 23.6 Å². The van der Waals surface area contributed by atoms with Crippen LogP contribution in [0.2, 0.25) is 0 Å². The zero-order chi connectivity index (χ0) is 14.9. The first-order chi connectivity index (χ1) is 9.31. The first-order valence-electron chi connectivity index (χ1n) is 5.37. The Morgan fingerprint density at radius 3 is 2.55 bits per heavy atom. The van der Waals surface area contributed by atoms with Crippen molar-refractivity contribution >= 4 is 32.7 Å². The molecular weight excluding hydrogens is 304 g/mol. The molecular formula is C11H10N2O5S2. The van der Waals surface area contributed by atoms with Gasteiger partial charge in [-0.1, -0.05) is 6.07 Å². The number of anilines is 1. The third-order valence-electron chi connectivity index (χ3n) is 2.43. The average molecular weight is 314 g/mol. The second-order valence-corrected chi connectivity index (χ2v) is 7.10. The Labute approximate surface area is 118 Å². The highest BCUT2D eigenvalue weighted by Gasteiger charge is 2.24. The van der Waals surface area contributed by atoms with Crippen LogP contribution >= 0.6 is 11.3 Å². The van der Waals surface area contributed by atoms with Crippen LogP contribution < -0.4 is 4.72 Å². The number of nitro groups is 1. The van der Waals surface area contributed by atoms with Gasteiger partial charge >= 0.3 is 0 Å². The van der Waals surface area contributed by atoms with Gasteiger partial charge in [0.05, 0.1) is 4.92 Å². The number of sulfonamides is 1. The first kappa shape index (κ1) is 14.3. The number of aromatic hydroxyl groups is 1. The number of phenolic OH excluding ortho intramolecular Hbond substituents is 1. The Bertz CT molecular complexity index is 767. The summed E-state index contributed by atoms with van der Waals surface area (Å²) in [4.78, 5) is 10.9. The summed E-state index contributed by atoms with van der Waals surface area (Å²) in [6.07, 6.45) is 0. The highest BCUT2D eigenvalue weighted by atomic mass is 32.2. The second kappa shape index (κ2) is 5.10. The maximum Gasteiger partial charge on any atom is 0.297 e. The van der Waals surface area contributed by atoms with Crippen LogP contribution in [0.4, 0.5) is 11.4 Å². The summed E-state index contributed by atoms with van der Waals surface area (Å²) in [6.45, 7) is 1.74. The summed E-state index contributed by atoms with van der Waals surface area (Å²) in [5.41, 5.74) is -0.953. The SMILES string of the molecule is Cc1ccc(S(=O)(=O)Nc2c(O)cccc2[N+](=O)[O-])s1. The highest BCUT2D eigenvalue weighted by molar-refractivity contribution is 7.94. The fourth-order valence-corrected chi connectivity index (χ4v) is 3.90. The van der Waals surface area contributed by atoms with Crippen molar-refractivity contribution in [3.63, 3.8) is 0 Å². The lowest BCUT2D eigenvalue weighted by Crippen LogP contribution is -2.12. The van der Waals surface area contributed by atoms with Gasteiger partial charge in [-0.15, -0.1) is 11.3 Å². The second-order valence-electron chi connectivity index (χ2n) is 3.90. The van der Waals surface area contributed by atoms with E-state index in [-0.39, 0.29) is 4.21 Å². The number of nitrogens with zero attached hydrogens (tertiary/aromatic N) is 1. The van der Waals surface area contributed by atoms with E-state index in [2.05, 4.69) is 4.72 Å². The van der Waals surface area contributed by atoms with E-state index >= 15 is 0 Å². The minimum Gasteiger partial charge on any atom is -0.505 e. The molecule has 1 heterocycles. The van der Waals surface area contributed by atoms with Gasteiger partial charge in [0, 0.05) is 10.9 Å². The van der Waals surface area contributed by atoms with Crippen LogP contribution in [0, 0.1) is 17.0 Å². The van der Waals surface area contributed by atoms with Crippen LogP contribution in [0.3, 0.4) is 0 Å². The average Bonchev–Trinajstić information content (AvgIpc) is 2.79. The van der Waals surface area contributed by atoms with Gasteiger partial charge < -0.3 is 5.11 Å². The molecule has 0 unspecified atom stereocenters. The number of hydrogen-bond donors (Lipinski definition) is 2. The van der Waals surface area contributed by atoms with Crippen LogP contribution in [-0.2, 0) is 10.0 Å². The maximum absolute atomic E-state index is 12.1. The zero-order valence-electron chi connectivity index (χ0n) is 10.2. The topological polar surface area (TPSA) is 110 Å². The Kier molecular flexibility index (Phi) is 3.64. The number of benzene rings is 1. The Hall–Kier alpha value is -2.13. The minimum absolute atomic E-state index is 0.0209. The lowest BCUT2D eigenvalue weighted by Gasteiger charge is -2.08. The van der Waals surface area contributed by atoms with E-state index in [1.54, 1.807) is 13.0 Å². The molecule has 2 rings (SSSR count). The number of phenols is 1. The number of para-hydroxylation sites is 1. The van der Waals surface area contributed by atoms with Crippen molar-refractivity contribution in [3.05, 3.63) is 45.3 Å². The predicted octanol–water partition coefficient (Wildman–Crippen LogP) is 2.47. The van der Waals surface area contributed by atoms with Gasteiger partial charge in [0.2, 0.25) is 0 Å². The van der Waals surface area contributed by atoms with Gasteiger partial charge in [-0.25, -0.2) is 8.42 Å². The number of hydrogen-bond acceptors (Lipinski definition) is 6. The van der Waals surface area contributed by atoms with Crippen LogP contribution in [0.25, 0.3) is 0 Å². The molecule has 0 aliphatic rings. The molecule has 1 aromatic carbocycles. The predicted molar refractivity (Wildman–Crippen MR) is 74.6 cm³/mol. The summed E-state index contributed by atoms with van der Waals surface area (Å²) in [7, 11) is -3.97. The molecule has 0 fully saturated rings. The lowest BCUT2D eigenvalue weighted by atomic mass is 10.2. The van der Waals surface area contributed by atoms with Gasteiger partial charge in [0.15, 0.2) is 5.69 Å². The van der Waals surface area contributed by atoms with E-state index < -0.39 is 32.1 Å². The largest absolute Gasteiger partial charge is 0.505 e. The van der Waals surface area contributed by atoms with Crippen molar-refractivity contribution in [2.75, 3.05) is 4.72 Å². The number of nitro benzene ring substituents is 1. The lowest BCUT2D eigenvalue weighted by molar-refractivity contribution is -0.383. The van der Waals surface area contributed by atoms with Gasteiger partial charge in [-0.3, -0.25) is 14.8 Å². The van der Waals surface area contributed by atoms with E-state index in [4.69, 9.17) is 0 Å². The summed E-state index contributed by atoms with van der Waals surface area (Å²) in [5, 5.41) is 20.5. The monoisotopic (exact) mass is 314 g/mol. The molecule has 9 heteroatoms. The number of aryl methyl sites for hydroxylation is 1. The van der Waals surface area contributed by atoms with E-state index in [0.29, 0.717) is 0 Å². The van der Waals surface area contributed by atoms with E-state index in [1.807, 2.05) is 0 Å². The van der Waals surface area contributed by atoms with Crippen LogP contribution in [0.15, 0.2) is 34.5 Å². The normalized spacial score (nSPS) is 11.2. The molecule has 0 aliphatic carbocycles. The van der Waals surface area contributed by atoms with Crippen LogP contribution in [0.1, 0.15) is 4.88 Å². The maximum atomic E-state index is 12.1. The fraction of sp³-hybridized carbons (Fsp3) is 0.0909. The molecule has 2 aromatic rings. The van der Waals surface area contributed by atoms with Crippen molar-refractivity contribution < 1.29 is 18.4 Å². The minimum atomic E-state index is -3.97. The van der Waals surface area contributed by atoms with Gasteiger partial charge in [0.25, 0.3) is 15.7 Å². The molecule has 0 saturated carbocycles. The van der Waals surface area contributed by atoms with Crippen molar-refractivity contribution in [2.24, 2.45) is 0 Å². The summed E-state index contributed by atoms with van der Waals surface area (Å²) in [6, 6.07) is 6.56. The first-order valence-corrected chi connectivity index (χ1v) is 7.67. The quantitative estimate of drug-likeness (QED) is 0.512. The van der Waals surface area contributed by atoms with Gasteiger partial charge in [-0.05, 0) is 25.1 Å². The third-order valence-corrected chi connectivity index (χ3v) is 5.28. The molecule has 0 atom stereocenters. The highest BCUT2D eigenvalue weighted by Crippen LogP contribution is 2.35. The summed E-state index contributed by atoms with van der Waals surface area (Å²) in [5.74, 6) is -0.504. The molecule has 2 N–H and O–H groups in total. The van der Waals surface area contributed by atoms with E-state index in [0.717, 1.165) is 22.3 Å². The molecule has 20 heavy (non-hydrogen) atoms. The van der Waals surface area contributed by atoms with Crippen LogP contribution in [0.5, 0.6) is 5.75 Å². The zero-order valence-corrected chi connectivity index (χ0v) is 11.9. The Morgan fingerprint density at radius 2 is 2.00 bits per heavy atom. The van der Waals surface area contributed by atoms with Crippen molar-refractivity contribution in [2.45, 2.75) is 11.1 Å². The molecule has 0 bridgehead atoms. The fourth-order valence-electron chi connectivity index (χ4n) is 1.53. The molecule has 0 saturated heterocycles. The van der Waals surface area contributed by atoms with Crippen molar-refractivity contribution in [1.29, 1.82) is 0 Å². The molecule has 0 amide bonds. The van der Waals surface area contributed by atoms with Gasteiger partial charge in [0.1, 0.15) is 9.96 Å². The molecule has 1 aromatic heterocycles. The van der Waals surface area contributed by atoms with E-state index in [1.165, 1.54) is 18.2 Å². The Balaban J connectivity index is 2.47. The molecule has 0 aliphatic heterocycles.